The van der Waals surface area contributed by atoms with Crippen LogP contribution in [0.5, 0.6) is 0 Å². The largest absolute Gasteiger partial charge is 0.397 e. The second-order valence-electron chi connectivity index (χ2n) is 5.47. The molecule has 0 atom stereocenters. The summed E-state index contributed by atoms with van der Waals surface area (Å²) in [6.07, 6.45) is 2.17. The van der Waals surface area contributed by atoms with Crippen LogP contribution in [-0.2, 0) is 6.42 Å². The molecule has 2 heterocycles. The second kappa shape index (κ2) is 5.96. The summed E-state index contributed by atoms with van der Waals surface area (Å²) in [7, 11) is 0. The lowest BCUT2D eigenvalue weighted by atomic mass is 10.1. The Kier molecular flexibility index (Phi) is 4.00. The average molecular weight is 326 g/mol. The number of fused-ring (bicyclic) bond motifs is 1. The quantitative estimate of drug-likeness (QED) is 0.769. The van der Waals surface area contributed by atoms with Crippen molar-refractivity contribution in [2.24, 2.45) is 5.73 Å². The first-order valence-electron chi connectivity index (χ1n) is 7.47. The van der Waals surface area contributed by atoms with Gasteiger partial charge >= 0.3 is 0 Å². The van der Waals surface area contributed by atoms with E-state index in [9.17, 15) is 4.79 Å². The van der Waals surface area contributed by atoms with Gasteiger partial charge in [0.25, 0.3) is 5.91 Å². The molecule has 1 aromatic carbocycles. The zero-order valence-corrected chi connectivity index (χ0v) is 13.9. The first-order valence-corrected chi connectivity index (χ1v) is 8.28. The number of amides is 1. The molecule has 0 fully saturated rings. The number of hydrogen-bond donors (Lipinski definition) is 2. The fourth-order valence-electron chi connectivity index (χ4n) is 2.62. The molecule has 0 saturated heterocycles. The third-order valence-corrected chi connectivity index (χ3v) is 4.86. The highest BCUT2D eigenvalue weighted by Gasteiger charge is 2.18. The zero-order valence-electron chi connectivity index (χ0n) is 13.1. The maximum absolute atomic E-state index is 11.5. The maximum Gasteiger partial charge on any atom is 0.260 e. The van der Waals surface area contributed by atoms with Gasteiger partial charge in [-0.15, -0.1) is 11.3 Å². The van der Waals surface area contributed by atoms with Gasteiger partial charge in [-0.3, -0.25) is 4.79 Å². The standard InChI is InChI=1S/C17H18N4OS/c1-3-4-10-5-7-11(8-6-10)16-20-9(2)12-13(18)14(15(19)22)23-17(12)21-16/h5-8H,3-4,18H2,1-2H3,(H2,19,22). The number of hydrogen-bond acceptors (Lipinski definition) is 5. The smallest absolute Gasteiger partial charge is 0.260 e. The number of aryl methyl sites for hydroxylation is 2. The number of nitrogens with two attached hydrogens (primary N) is 2. The third kappa shape index (κ3) is 2.77. The van der Waals surface area contributed by atoms with Crippen LogP contribution in [-0.4, -0.2) is 15.9 Å². The van der Waals surface area contributed by atoms with Crippen LogP contribution in [0.4, 0.5) is 5.69 Å². The Labute approximate surface area is 138 Å². The highest BCUT2D eigenvalue weighted by atomic mass is 32.1. The molecular weight excluding hydrogens is 308 g/mol. The highest BCUT2D eigenvalue weighted by Crippen LogP contribution is 2.35. The Morgan fingerprint density at radius 2 is 1.91 bits per heavy atom. The predicted molar refractivity (Wildman–Crippen MR) is 94.5 cm³/mol. The molecule has 0 unspecified atom stereocenters. The third-order valence-electron chi connectivity index (χ3n) is 3.74. The zero-order chi connectivity index (χ0) is 16.6. The molecule has 0 aliphatic carbocycles. The van der Waals surface area contributed by atoms with E-state index in [0.29, 0.717) is 21.2 Å². The lowest BCUT2D eigenvalue weighted by Gasteiger charge is -2.05. The SMILES string of the molecule is CCCc1ccc(-c2nc(C)c3c(N)c(C(N)=O)sc3n2)cc1. The number of carbonyl (C=O) groups is 1. The number of rotatable bonds is 4. The van der Waals surface area contributed by atoms with E-state index in [1.807, 2.05) is 19.1 Å². The molecule has 0 bridgehead atoms. The number of aromatic nitrogens is 2. The van der Waals surface area contributed by atoms with Crippen LogP contribution in [0.25, 0.3) is 21.6 Å². The minimum absolute atomic E-state index is 0.341. The molecule has 0 aliphatic rings. The summed E-state index contributed by atoms with van der Waals surface area (Å²) in [5.74, 6) is 0.102. The van der Waals surface area contributed by atoms with E-state index in [-0.39, 0.29) is 0 Å². The summed E-state index contributed by atoms with van der Waals surface area (Å²) in [4.78, 5) is 21.6. The fraction of sp³-hybridized carbons (Fsp3) is 0.235. The van der Waals surface area contributed by atoms with E-state index in [1.54, 1.807) is 0 Å². The second-order valence-corrected chi connectivity index (χ2v) is 6.47. The van der Waals surface area contributed by atoms with Crippen molar-refractivity contribution in [2.75, 3.05) is 5.73 Å². The number of anilines is 1. The highest BCUT2D eigenvalue weighted by molar-refractivity contribution is 7.21. The van der Waals surface area contributed by atoms with Crippen molar-refractivity contribution >= 4 is 33.1 Å². The van der Waals surface area contributed by atoms with Crippen LogP contribution in [0.15, 0.2) is 24.3 Å². The molecule has 0 aliphatic heterocycles. The van der Waals surface area contributed by atoms with Crippen LogP contribution in [0.2, 0.25) is 0 Å². The number of primary amides is 1. The van der Waals surface area contributed by atoms with Gasteiger partial charge in [0.1, 0.15) is 9.71 Å². The fourth-order valence-corrected chi connectivity index (χ4v) is 3.61. The Bertz CT molecular complexity index is 884. The van der Waals surface area contributed by atoms with Gasteiger partial charge < -0.3 is 11.5 Å². The van der Waals surface area contributed by atoms with Crippen molar-refractivity contribution < 1.29 is 4.79 Å². The maximum atomic E-state index is 11.5. The van der Waals surface area contributed by atoms with Crippen LogP contribution in [0.1, 0.15) is 34.3 Å². The lowest BCUT2D eigenvalue weighted by molar-refractivity contribution is 0.100. The molecule has 23 heavy (non-hydrogen) atoms. The summed E-state index contributed by atoms with van der Waals surface area (Å²) >= 11 is 1.22. The number of carbonyl (C=O) groups excluding carboxylic acids is 1. The summed E-state index contributed by atoms with van der Waals surface area (Å²) in [6, 6.07) is 8.24. The summed E-state index contributed by atoms with van der Waals surface area (Å²) < 4.78 is 0. The van der Waals surface area contributed by atoms with Gasteiger partial charge in [0.05, 0.1) is 16.8 Å². The minimum Gasteiger partial charge on any atom is -0.397 e. The van der Waals surface area contributed by atoms with Gasteiger partial charge in [-0.25, -0.2) is 9.97 Å². The topological polar surface area (TPSA) is 94.9 Å². The van der Waals surface area contributed by atoms with Gasteiger partial charge in [-0.05, 0) is 18.9 Å². The molecule has 2 aromatic heterocycles. The molecule has 4 N–H and O–H groups in total. The Morgan fingerprint density at radius 1 is 1.22 bits per heavy atom. The van der Waals surface area contributed by atoms with Crippen molar-refractivity contribution in [1.29, 1.82) is 0 Å². The predicted octanol–water partition coefficient (Wildman–Crippen LogP) is 3.30. The Morgan fingerprint density at radius 3 is 2.52 bits per heavy atom. The van der Waals surface area contributed by atoms with Crippen LogP contribution < -0.4 is 11.5 Å². The molecule has 118 valence electrons. The van der Waals surface area contributed by atoms with Crippen molar-refractivity contribution in [1.82, 2.24) is 9.97 Å². The van der Waals surface area contributed by atoms with Gasteiger partial charge in [-0.1, -0.05) is 37.6 Å². The van der Waals surface area contributed by atoms with Crippen molar-refractivity contribution in [3.05, 3.63) is 40.4 Å². The molecule has 0 radical (unpaired) electrons. The van der Waals surface area contributed by atoms with E-state index in [0.717, 1.165) is 29.5 Å². The first kappa shape index (κ1) is 15.4. The van der Waals surface area contributed by atoms with E-state index in [1.165, 1.54) is 16.9 Å². The van der Waals surface area contributed by atoms with E-state index < -0.39 is 5.91 Å². The lowest BCUT2D eigenvalue weighted by Crippen LogP contribution is -2.10. The molecule has 3 rings (SSSR count). The van der Waals surface area contributed by atoms with Gasteiger partial charge in [0.2, 0.25) is 0 Å². The van der Waals surface area contributed by atoms with E-state index >= 15 is 0 Å². The number of benzene rings is 1. The molecule has 6 heteroatoms. The molecule has 5 nitrogen and oxygen atoms in total. The van der Waals surface area contributed by atoms with Crippen molar-refractivity contribution in [3.8, 4) is 11.4 Å². The van der Waals surface area contributed by atoms with Crippen LogP contribution >= 0.6 is 11.3 Å². The first-order chi connectivity index (χ1) is 11.0. The molecule has 0 saturated carbocycles. The average Bonchev–Trinajstić information content (AvgIpc) is 2.86. The molecule has 3 aromatic rings. The van der Waals surface area contributed by atoms with E-state index in [2.05, 4.69) is 29.0 Å². The normalized spacial score (nSPS) is 11.0. The van der Waals surface area contributed by atoms with Gasteiger partial charge in [0.15, 0.2) is 5.82 Å². The van der Waals surface area contributed by atoms with Crippen molar-refractivity contribution in [2.45, 2.75) is 26.7 Å². The summed E-state index contributed by atoms with van der Waals surface area (Å²) in [5.41, 5.74) is 14.8. The van der Waals surface area contributed by atoms with Crippen LogP contribution in [0, 0.1) is 6.92 Å². The monoisotopic (exact) mass is 326 g/mol. The van der Waals surface area contributed by atoms with Gasteiger partial charge in [0, 0.05) is 5.56 Å². The van der Waals surface area contributed by atoms with Crippen LogP contribution in [0.3, 0.4) is 0 Å². The van der Waals surface area contributed by atoms with Gasteiger partial charge in [-0.2, -0.15) is 0 Å². The summed E-state index contributed by atoms with van der Waals surface area (Å²) in [5, 5.41) is 0.718. The number of thiophene rings is 1. The van der Waals surface area contributed by atoms with Crippen molar-refractivity contribution in [3.63, 3.8) is 0 Å². The molecule has 1 amide bonds. The summed E-state index contributed by atoms with van der Waals surface area (Å²) in [6.45, 7) is 4.03. The number of nitrogens with zero attached hydrogens (tertiary/aromatic N) is 2. The molecular formula is C17H18N4OS. The Balaban J connectivity index is 2.10. The minimum atomic E-state index is -0.532. The van der Waals surface area contributed by atoms with E-state index in [4.69, 9.17) is 11.5 Å². The Hall–Kier alpha value is -2.47. The molecule has 0 spiro atoms. The number of nitrogen functional groups attached to an aromatic ring is 1.